The largest absolute Gasteiger partial charge is 0.496 e. The third-order valence-electron chi connectivity index (χ3n) is 3.70. The third kappa shape index (κ3) is 2.74. The van der Waals surface area contributed by atoms with Gasteiger partial charge in [-0.1, -0.05) is 6.42 Å². The van der Waals surface area contributed by atoms with E-state index in [1.807, 2.05) is 24.4 Å². The Morgan fingerprint density at radius 3 is 2.95 bits per heavy atom. The van der Waals surface area contributed by atoms with Crippen LogP contribution >= 0.6 is 15.9 Å². The van der Waals surface area contributed by atoms with Crippen molar-refractivity contribution in [2.75, 3.05) is 13.7 Å². The number of aromatic amines is 1. The molecule has 1 aromatic carbocycles. The van der Waals surface area contributed by atoms with E-state index in [-0.39, 0.29) is 0 Å². The second-order valence-corrected chi connectivity index (χ2v) is 5.89. The summed E-state index contributed by atoms with van der Waals surface area (Å²) in [5.41, 5.74) is 2.14. The number of nitrogens with one attached hydrogen (secondary N) is 2. The fourth-order valence-corrected chi connectivity index (χ4v) is 3.12. The number of piperidine rings is 1. The van der Waals surface area contributed by atoms with Crippen molar-refractivity contribution in [2.45, 2.75) is 25.3 Å². The lowest BCUT2D eigenvalue weighted by Crippen LogP contribution is -2.27. The fraction of sp³-hybridized carbons (Fsp3) is 0.400. The van der Waals surface area contributed by atoms with Crippen LogP contribution in [0.5, 0.6) is 5.75 Å². The first-order chi connectivity index (χ1) is 9.78. The molecule has 2 heterocycles. The summed E-state index contributed by atoms with van der Waals surface area (Å²) in [6.07, 6.45) is 5.58. The molecule has 1 aliphatic rings. The van der Waals surface area contributed by atoms with Gasteiger partial charge in [-0.15, -0.1) is 0 Å². The lowest BCUT2D eigenvalue weighted by Gasteiger charge is -2.21. The molecule has 2 aromatic rings. The van der Waals surface area contributed by atoms with Gasteiger partial charge in [0, 0.05) is 5.56 Å². The van der Waals surface area contributed by atoms with E-state index in [1.54, 1.807) is 7.11 Å². The van der Waals surface area contributed by atoms with E-state index in [1.165, 1.54) is 12.8 Å². The molecule has 0 aliphatic carbocycles. The van der Waals surface area contributed by atoms with E-state index < -0.39 is 0 Å². The summed E-state index contributed by atoms with van der Waals surface area (Å²) < 4.78 is 6.20. The Hall–Kier alpha value is -1.33. The Labute approximate surface area is 127 Å². The van der Waals surface area contributed by atoms with Crippen LogP contribution in [0, 0.1) is 0 Å². The Bertz CT molecular complexity index is 591. The van der Waals surface area contributed by atoms with Gasteiger partial charge in [-0.05, 0) is 53.5 Å². The zero-order chi connectivity index (χ0) is 13.9. The molecule has 1 unspecified atom stereocenters. The molecule has 0 spiro atoms. The Kier molecular flexibility index (Phi) is 4.08. The minimum atomic E-state index is 0.360. The maximum Gasteiger partial charge on any atom is 0.133 e. The highest BCUT2D eigenvalue weighted by Gasteiger charge is 2.18. The van der Waals surface area contributed by atoms with Crippen molar-refractivity contribution in [3.05, 3.63) is 34.7 Å². The Balaban J connectivity index is 1.84. The van der Waals surface area contributed by atoms with E-state index in [4.69, 9.17) is 4.74 Å². The Morgan fingerprint density at radius 1 is 1.35 bits per heavy atom. The zero-order valence-electron chi connectivity index (χ0n) is 11.4. The predicted molar refractivity (Wildman–Crippen MR) is 82.9 cm³/mol. The van der Waals surface area contributed by atoms with Crippen molar-refractivity contribution in [2.24, 2.45) is 0 Å². The molecule has 20 heavy (non-hydrogen) atoms. The molecule has 1 aromatic heterocycles. The molecule has 2 N–H and O–H groups in total. The first-order valence-corrected chi connectivity index (χ1v) is 7.69. The van der Waals surface area contributed by atoms with Gasteiger partial charge in [0.2, 0.25) is 0 Å². The first-order valence-electron chi connectivity index (χ1n) is 6.90. The molecule has 1 atom stereocenters. The van der Waals surface area contributed by atoms with Gasteiger partial charge in [0.05, 0.1) is 29.5 Å². The number of nitrogens with zero attached hydrogens (tertiary/aromatic N) is 1. The van der Waals surface area contributed by atoms with Gasteiger partial charge in [0.1, 0.15) is 11.6 Å². The summed E-state index contributed by atoms with van der Waals surface area (Å²) in [6, 6.07) is 6.40. The standard InChI is InChI=1S/C15H18BrN3O/c1-20-14-6-5-10(8-11(14)16)13-9-18-15(19-13)12-4-2-3-7-17-12/h5-6,8-9,12,17H,2-4,7H2,1H3,(H,18,19). The van der Waals surface area contributed by atoms with Gasteiger partial charge in [0.25, 0.3) is 0 Å². The van der Waals surface area contributed by atoms with Gasteiger partial charge < -0.3 is 15.0 Å². The number of hydrogen-bond acceptors (Lipinski definition) is 3. The lowest BCUT2D eigenvalue weighted by molar-refractivity contribution is 0.399. The number of hydrogen-bond donors (Lipinski definition) is 2. The number of rotatable bonds is 3. The molecule has 4 nitrogen and oxygen atoms in total. The van der Waals surface area contributed by atoms with E-state index in [0.717, 1.165) is 40.3 Å². The van der Waals surface area contributed by atoms with Crippen molar-refractivity contribution in [1.29, 1.82) is 0 Å². The van der Waals surface area contributed by atoms with Gasteiger partial charge in [-0.3, -0.25) is 0 Å². The summed E-state index contributed by atoms with van der Waals surface area (Å²) in [6.45, 7) is 1.08. The Morgan fingerprint density at radius 2 is 2.25 bits per heavy atom. The van der Waals surface area contributed by atoms with Crippen molar-refractivity contribution in [3.8, 4) is 17.0 Å². The quantitative estimate of drug-likeness (QED) is 0.899. The van der Waals surface area contributed by atoms with E-state index in [9.17, 15) is 0 Å². The van der Waals surface area contributed by atoms with Crippen LogP contribution in [0.2, 0.25) is 0 Å². The zero-order valence-corrected chi connectivity index (χ0v) is 13.0. The molecule has 0 radical (unpaired) electrons. The molecule has 0 saturated carbocycles. The van der Waals surface area contributed by atoms with E-state index in [2.05, 4.69) is 31.2 Å². The summed E-state index contributed by atoms with van der Waals surface area (Å²) in [5.74, 6) is 1.87. The first kappa shape index (κ1) is 13.6. The highest BCUT2D eigenvalue weighted by Crippen LogP contribution is 2.30. The molecular weight excluding hydrogens is 318 g/mol. The average Bonchev–Trinajstić information content (AvgIpc) is 2.98. The van der Waals surface area contributed by atoms with Crippen molar-refractivity contribution >= 4 is 15.9 Å². The van der Waals surface area contributed by atoms with Crippen LogP contribution in [0.3, 0.4) is 0 Å². The van der Waals surface area contributed by atoms with Crippen LogP contribution in [0.25, 0.3) is 11.3 Å². The SMILES string of the molecule is COc1ccc(-c2cnc(C3CCCCN3)[nH]2)cc1Br. The summed E-state index contributed by atoms with van der Waals surface area (Å²) >= 11 is 3.52. The highest BCUT2D eigenvalue weighted by molar-refractivity contribution is 9.10. The minimum Gasteiger partial charge on any atom is -0.496 e. The number of aromatic nitrogens is 2. The highest BCUT2D eigenvalue weighted by atomic mass is 79.9. The summed E-state index contributed by atoms with van der Waals surface area (Å²) in [7, 11) is 1.67. The van der Waals surface area contributed by atoms with Gasteiger partial charge in [-0.25, -0.2) is 4.98 Å². The summed E-state index contributed by atoms with van der Waals surface area (Å²) in [4.78, 5) is 7.95. The van der Waals surface area contributed by atoms with Gasteiger partial charge in [0.15, 0.2) is 0 Å². The van der Waals surface area contributed by atoms with Crippen molar-refractivity contribution < 1.29 is 4.74 Å². The second kappa shape index (κ2) is 5.97. The monoisotopic (exact) mass is 335 g/mol. The average molecular weight is 336 g/mol. The molecule has 1 aliphatic heterocycles. The topological polar surface area (TPSA) is 49.9 Å². The molecule has 0 bridgehead atoms. The molecule has 5 heteroatoms. The molecule has 0 amide bonds. The maximum atomic E-state index is 5.25. The van der Waals surface area contributed by atoms with Gasteiger partial charge in [-0.2, -0.15) is 0 Å². The van der Waals surface area contributed by atoms with Crippen LogP contribution in [0.15, 0.2) is 28.9 Å². The van der Waals surface area contributed by atoms with Gasteiger partial charge >= 0.3 is 0 Å². The summed E-state index contributed by atoms with van der Waals surface area (Å²) in [5, 5.41) is 3.51. The number of halogens is 1. The molecule has 1 saturated heterocycles. The van der Waals surface area contributed by atoms with Crippen LogP contribution in [-0.2, 0) is 0 Å². The number of ether oxygens (including phenoxy) is 1. The second-order valence-electron chi connectivity index (χ2n) is 5.03. The van der Waals surface area contributed by atoms with Crippen molar-refractivity contribution in [1.82, 2.24) is 15.3 Å². The molecular formula is C15H18BrN3O. The molecule has 1 fully saturated rings. The molecule has 106 valence electrons. The normalized spacial score (nSPS) is 19.0. The number of benzene rings is 1. The smallest absolute Gasteiger partial charge is 0.133 e. The van der Waals surface area contributed by atoms with Crippen LogP contribution in [0.4, 0.5) is 0 Å². The third-order valence-corrected chi connectivity index (χ3v) is 4.32. The van der Waals surface area contributed by atoms with Crippen LogP contribution in [-0.4, -0.2) is 23.6 Å². The van der Waals surface area contributed by atoms with E-state index in [0.29, 0.717) is 6.04 Å². The molecule has 3 rings (SSSR count). The van der Waals surface area contributed by atoms with Crippen molar-refractivity contribution in [3.63, 3.8) is 0 Å². The fourth-order valence-electron chi connectivity index (χ4n) is 2.58. The van der Waals surface area contributed by atoms with E-state index >= 15 is 0 Å². The number of methoxy groups -OCH3 is 1. The van der Waals surface area contributed by atoms with Crippen LogP contribution in [0.1, 0.15) is 31.1 Å². The number of imidazole rings is 1. The predicted octanol–water partition coefficient (Wildman–Crippen LogP) is 3.66. The maximum absolute atomic E-state index is 5.25. The number of H-pyrrole nitrogens is 1. The minimum absolute atomic E-state index is 0.360. The van der Waals surface area contributed by atoms with Crippen LogP contribution < -0.4 is 10.1 Å². The lowest BCUT2D eigenvalue weighted by atomic mass is 10.0.